The molecule has 1 atom stereocenters. The Morgan fingerprint density at radius 1 is 1.33 bits per heavy atom. The molecule has 0 aliphatic carbocycles. The fourth-order valence-electron chi connectivity index (χ4n) is 3.15. The van der Waals surface area contributed by atoms with Crippen LogP contribution in [0.25, 0.3) is 0 Å². The number of likely N-dealkylation sites (tertiary alicyclic amines) is 1. The molecule has 1 unspecified atom stereocenters. The minimum absolute atomic E-state index is 0.00617. The molecule has 8 heteroatoms. The monoisotopic (exact) mass is 377 g/mol. The Hall–Kier alpha value is -2.64. The van der Waals surface area contributed by atoms with Gasteiger partial charge in [-0.3, -0.25) is 14.9 Å². The van der Waals surface area contributed by atoms with Crippen molar-refractivity contribution in [3.63, 3.8) is 0 Å². The predicted molar refractivity (Wildman–Crippen MR) is 101 cm³/mol. The van der Waals surface area contributed by atoms with Crippen molar-refractivity contribution in [2.75, 3.05) is 13.1 Å². The van der Waals surface area contributed by atoms with E-state index in [0.717, 1.165) is 19.3 Å². The zero-order valence-electron chi connectivity index (χ0n) is 16.3. The second-order valence-electron chi connectivity index (χ2n) is 7.79. The van der Waals surface area contributed by atoms with Gasteiger partial charge in [-0.2, -0.15) is 0 Å². The number of nitro groups is 1. The van der Waals surface area contributed by atoms with Crippen molar-refractivity contribution in [3.05, 3.63) is 39.4 Å². The number of hydrogen-bond acceptors (Lipinski definition) is 5. The fraction of sp³-hybridized carbons (Fsp3) is 0.579. The first-order valence-corrected chi connectivity index (χ1v) is 9.11. The van der Waals surface area contributed by atoms with Crippen LogP contribution in [0.4, 0.5) is 10.5 Å². The molecule has 0 bridgehead atoms. The second kappa shape index (κ2) is 8.37. The van der Waals surface area contributed by atoms with E-state index in [-0.39, 0.29) is 17.6 Å². The average Bonchev–Trinajstić information content (AvgIpc) is 2.57. The lowest BCUT2D eigenvalue weighted by atomic mass is 10.00. The molecule has 1 saturated heterocycles. The van der Waals surface area contributed by atoms with Crippen LogP contribution in [0.2, 0.25) is 0 Å². The molecular formula is C19H27N3O5. The molecule has 1 heterocycles. The van der Waals surface area contributed by atoms with Crippen molar-refractivity contribution in [1.29, 1.82) is 0 Å². The smallest absolute Gasteiger partial charge is 0.407 e. The third-order valence-corrected chi connectivity index (χ3v) is 4.41. The molecule has 1 fully saturated rings. The van der Waals surface area contributed by atoms with Crippen molar-refractivity contribution in [3.8, 4) is 0 Å². The topological polar surface area (TPSA) is 102 Å². The van der Waals surface area contributed by atoms with E-state index in [4.69, 9.17) is 4.74 Å². The number of nitro benzene ring substituents is 1. The summed E-state index contributed by atoms with van der Waals surface area (Å²) in [4.78, 5) is 37.1. The van der Waals surface area contributed by atoms with Gasteiger partial charge in [-0.1, -0.05) is 0 Å². The van der Waals surface area contributed by atoms with Gasteiger partial charge in [0.15, 0.2) is 0 Å². The molecule has 148 valence electrons. The van der Waals surface area contributed by atoms with Gasteiger partial charge in [0, 0.05) is 36.3 Å². The average molecular weight is 377 g/mol. The normalized spacial score (nSPS) is 17.3. The standard InChI is InChI=1S/C19H27N3O5/c1-13-11-14(8-9-16(13)22(25)26)17(23)21-10-6-5-7-15(21)12-20-18(24)27-19(2,3)4/h8-9,11,15H,5-7,10,12H2,1-4H3,(H,20,24). The molecule has 1 aromatic carbocycles. The van der Waals surface area contributed by atoms with Gasteiger partial charge in [0.05, 0.1) is 4.92 Å². The number of ether oxygens (including phenoxy) is 1. The maximum absolute atomic E-state index is 12.9. The van der Waals surface area contributed by atoms with E-state index in [2.05, 4.69) is 5.32 Å². The van der Waals surface area contributed by atoms with E-state index >= 15 is 0 Å². The lowest BCUT2D eigenvalue weighted by molar-refractivity contribution is -0.385. The van der Waals surface area contributed by atoms with Gasteiger partial charge < -0.3 is 15.0 Å². The summed E-state index contributed by atoms with van der Waals surface area (Å²) in [6.07, 6.45) is 2.14. The first-order valence-electron chi connectivity index (χ1n) is 9.11. The van der Waals surface area contributed by atoms with E-state index in [1.807, 2.05) is 0 Å². The molecule has 8 nitrogen and oxygen atoms in total. The number of rotatable bonds is 4. The second-order valence-corrected chi connectivity index (χ2v) is 7.79. The Morgan fingerprint density at radius 2 is 2.04 bits per heavy atom. The highest BCUT2D eigenvalue weighted by atomic mass is 16.6. The van der Waals surface area contributed by atoms with Gasteiger partial charge >= 0.3 is 6.09 Å². The lowest BCUT2D eigenvalue weighted by Crippen LogP contribution is -2.50. The van der Waals surface area contributed by atoms with Crippen LogP contribution in [0.5, 0.6) is 0 Å². The summed E-state index contributed by atoms with van der Waals surface area (Å²) < 4.78 is 5.24. The number of nitrogens with zero attached hydrogens (tertiary/aromatic N) is 2. The largest absolute Gasteiger partial charge is 0.444 e. The Kier molecular flexibility index (Phi) is 6.41. The summed E-state index contributed by atoms with van der Waals surface area (Å²) >= 11 is 0. The quantitative estimate of drug-likeness (QED) is 0.640. The van der Waals surface area contributed by atoms with Crippen LogP contribution in [0.1, 0.15) is 56.0 Å². The van der Waals surface area contributed by atoms with Crippen LogP contribution in [-0.4, -0.2) is 46.6 Å². The van der Waals surface area contributed by atoms with Crippen molar-refractivity contribution >= 4 is 17.7 Å². The molecule has 1 aromatic rings. The summed E-state index contributed by atoms with van der Waals surface area (Å²) in [5.41, 5.74) is 0.282. The van der Waals surface area contributed by atoms with E-state index < -0.39 is 16.6 Å². The number of piperidine rings is 1. The zero-order chi connectivity index (χ0) is 20.2. The van der Waals surface area contributed by atoms with Crippen LogP contribution in [0.3, 0.4) is 0 Å². The predicted octanol–water partition coefficient (Wildman–Crippen LogP) is 3.42. The molecule has 0 aromatic heterocycles. The Labute approximate surface area is 159 Å². The van der Waals surface area contributed by atoms with E-state index in [0.29, 0.717) is 24.2 Å². The minimum atomic E-state index is -0.581. The van der Waals surface area contributed by atoms with Gasteiger partial charge in [0.2, 0.25) is 0 Å². The van der Waals surface area contributed by atoms with E-state index in [1.54, 1.807) is 38.7 Å². The number of nitrogens with one attached hydrogen (secondary N) is 1. The van der Waals surface area contributed by atoms with Crippen LogP contribution in [0, 0.1) is 17.0 Å². The van der Waals surface area contributed by atoms with E-state index in [9.17, 15) is 19.7 Å². The van der Waals surface area contributed by atoms with Gasteiger partial charge in [-0.25, -0.2) is 4.79 Å². The molecule has 0 saturated carbocycles. The number of carbonyl (C=O) groups is 2. The number of hydrogen-bond donors (Lipinski definition) is 1. The molecular weight excluding hydrogens is 350 g/mol. The van der Waals surface area contributed by atoms with Crippen LogP contribution in [0.15, 0.2) is 18.2 Å². The summed E-state index contributed by atoms with van der Waals surface area (Å²) in [6.45, 7) is 7.90. The van der Waals surface area contributed by atoms with Crippen molar-refractivity contribution in [2.45, 2.75) is 58.6 Å². The molecule has 1 N–H and O–H groups in total. The van der Waals surface area contributed by atoms with Crippen molar-refractivity contribution in [1.82, 2.24) is 10.2 Å². The highest BCUT2D eigenvalue weighted by Gasteiger charge is 2.29. The van der Waals surface area contributed by atoms with Crippen molar-refractivity contribution in [2.24, 2.45) is 0 Å². The summed E-state index contributed by atoms with van der Waals surface area (Å²) in [5, 5.41) is 13.7. The first kappa shape index (κ1) is 20.7. The number of aryl methyl sites for hydroxylation is 1. The first-order chi connectivity index (χ1) is 12.6. The van der Waals surface area contributed by atoms with E-state index in [1.165, 1.54) is 12.1 Å². The van der Waals surface area contributed by atoms with Gasteiger partial charge in [0.25, 0.3) is 11.6 Å². The summed E-state index contributed by atoms with van der Waals surface area (Å²) in [7, 11) is 0. The molecule has 1 aliphatic heterocycles. The number of amides is 2. The summed E-state index contributed by atoms with van der Waals surface area (Å²) in [5.74, 6) is -0.177. The Bertz CT molecular complexity index is 727. The number of benzene rings is 1. The Balaban J connectivity index is 2.07. The fourth-order valence-corrected chi connectivity index (χ4v) is 3.15. The lowest BCUT2D eigenvalue weighted by Gasteiger charge is -2.36. The highest BCUT2D eigenvalue weighted by Crippen LogP contribution is 2.23. The number of carbonyl (C=O) groups excluding carboxylic acids is 2. The molecule has 0 radical (unpaired) electrons. The summed E-state index contributed by atoms with van der Waals surface area (Å²) in [6, 6.07) is 4.27. The maximum atomic E-state index is 12.9. The molecule has 27 heavy (non-hydrogen) atoms. The third-order valence-electron chi connectivity index (χ3n) is 4.41. The van der Waals surface area contributed by atoms with Crippen LogP contribution < -0.4 is 5.32 Å². The van der Waals surface area contributed by atoms with Gasteiger partial charge in [0.1, 0.15) is 5.60 Å². The minimum Gasteiger partial charge on any atom is -0.444 e. The van der Waals surface area contributed by atoms with Crippen LogP contribution >= 0.6 is 0 Å². The maximum Gasteiger partial charge on any atom is 0.407 e. The SMILES string of the molecule is Cc1cc(C(=O)N2CCCCC2CNC(=O)OC(C)(C)C)ccc1[N+](=O)[O-]. The molecule has 0 spiro atoms. The highest BCUT2D eigenvalue weighted by molar-refractivity contribution is 5.95. The number of alkyl carbamates (subject to hydrolysis) is 1. The molecule has 2 amide bonds. The van der Waals surface area contributed by atoms with Gasteiger partial charge in [-0.05, 0) is 59.1 Å². The van der Waals surface area contributed by atoms with Crippen LogP contribution in [-0.2, 0) is 4.74 Å². The Morgan fingerprint density at radius 3 is 2.63 bits per heavy atom. The third kappa shape index (κ3) is 5.67. The molecule has 1 aliphatic rings. The molecule has 2 rings (SSSR count). The van der Waals surface area contributed by atoms with Gasteiger partial charge in [-0.15, -0.1) is 0 Å². The van der Waals surface area contributed by atoms with Crippen molar-refractivity contribution < 1.29 is 19.2 Å². The zero-order valence-corrected chi connectivity index (χ0v) is 16.3.